The molecular weight excluding hydrogens is 298 g/mol. The van der Waals surface area contributed by atoms with Gasteiger partial charge in [0.2, 0.25) is 11.9 Å². The van der Waals surface area contributed by atoms with Crippen LogP contribution in [0, 0.1) is 6.92 Å². The van der Waals surface area contributed by atoms with Crippen molar-refractivity contribution in [1.82, 2.24) is 14.8 Å². The van der Waals surface area contributed by atoms with Crippen molar-refractivity contribution in [1.29, 1.82) is 0 Å². The zero-order valence-electron chi connectivity index (χ0n) is 9.72. The van der Waals surface area contributed by atoms with Crippen LogP contribution in [0.25, 0.3) is 0 Å². The maximum Gasteiger partial charge on any atom is 0.246 e. The third-order valence-corrected chi connectivity index (χ3v) is 2.64. The number of nitrogens with two attached hydrogens (primary N) is 1. The maximum atomic E-state index is 11.8. The summed E-state index contributed by atoms with van der Waals surface area (Å²) in [5, 5.41) is 6.62. The lowest BCUT2D eigenvalue weighted by molar-refractivity contribution is -0.116. The molecule has 3 N–H and O–H groups in total. The summed E-state index contributed by atoms with van der Waals surface area (Å²) in [7, 11) is 0. The second kappa shape index (κ2) is 5.18. The Labute approximate surface area is 112 Å². The molecule has 18 heavy (non-hydrogen) atoms. The van der Waals surface area contributed by atoms with Crippen LogP contribution in [-0.4, -0.2) is 20.7 Å². The van der Waals surface area contributed by atoms with E-state index in [1.165, 1.54) is 11.0 Å². The van der Waals surface area contributed by atoms with E-state index in [2.05, 4.69) is 31.3 Å². The van der Waals surface area contributed by atoms with Crippen LogP contribution >= 0.6 is 15.9 Å². The van der Waals surface area contributed by atoms with Crippen molar-refractivity contribution in [2.75, 3.05) is 11.1 Å². The summed E-state index contributed by atoms with van der Waals surface area (Å²) in [6, 6.07) is 5.69. The maximum absolute atomic E-state index is 11.8. The van der Waals surface area contributed by atoms with Gasteiger partial charge in [0.1, 0.15) is 12.9 Å². The first-order chi connectivity index (χ1) is 8.52. The summed E-state index contributed by atoms with van der Waals surface area (Å²) in [6.45, 7) is 2.04. The Balaban J connectivity index is 2.02. The number of rotatable bonds is 3. The molecule has 94 valence electrons. The number of hydrogen-bond acceptors (Lipinski definition) is 4. The van der Waals surface area contributed by atoms with Crippen LogP contribution in [0.2, 0.25) is 0 Å². The second-order valence-electron chi connectivity index (χ2n) is 3.87. The molecule has 0 bridgehead atoms. The highest BCUT2D eigenvalue weighted by molar-refractivity contribution is 9.10. The normalized spacial score (nSPS) is 10.3. The molecular formula is C11H12BrN5O. The van der Waals surface area contributed by atoms with E-state index >= 15 is 0 Å². The largest absolute Gasteiger partial charge is 0.367 e. The molecule has 0 spiro atoms. The van der Waals surface area contributed by atoms with Crippen LogP contribution in [0.1, 0.15) is 5.56 Å². The van der Waals surface area contributed by atoms with E-state index in [0.717, 1.165) is 15.7 Å². The number of halogens is 1. The van der Waals surface area contributed by atoms with E-state index in [9.17, 15) is 4.79 Å². The van der Waals surface area contributed by atoms with Crippen LogP contribution in [0.15, 0.2) is 29.0 Å². The van der Waals surface area contributed by atoms with Crippen LogP contribution in [-0.2, 0) is 11.3 Å². The highest BCUT2D eigenvalue weighted by atomic mass is 79.9. The van der Waals surface area contributed by atoms with Gasteiger partial charge in [-0.1, -0.05) is 15.9 Å². The highest BCUT2D eigenvalue weighted by Gasteiger charge is 2.06. The van der Waals surface area contributed by atoms with Crippen molar-refractivity contribution in [2.24, 2.45) is 0 Å². The zero-order valence-corrected chi connectivity index (χ0v) is 11.3. The van der Waals surface area contributed by atoms with Crippen molar-refractivity contribution < 1.29 is 4.79 Å². The number of carbonyl (C=O) groups excluding carboxylic acids is 1. The van der Waals surface area contributed by atoms with Gasteiger partial charge in [0, 0.05) is 10.2 Å². The Kier molecular flexibility index (Phi) is 3.61. The summed E-state index contributed by atoms with van der Waals surface area (Å²) < 4.78 is 2.30. The Hall–Kier alpha value is -1.89. The molecule has 0 saturated heterocycles. The van der Waals surface area contributed by atoms with E-state index in [1.54, 1.807) is 0 Å². The minimum absolute atomic E-state index is 0.0791. The van der Waals surface area contributed by atoms with Gasteiger partial charge in [-0.2, -0.15) is 0 Å². The summed E-state index contributed by atoms with van der Waals surface area (Å²) in [5.74, 6) is -0.0292. The number of nitrogen functional groups attached to an aromatic ring is 1. The van der Waals surface area contributed by atoms with Gasteiger partial charge in [-0.25, -0.2) is 9.67 Å². The first-order valence-corrected chi connectivity index (χ1v) is 6.04. The van der Waals surface area contributed by atoms with Gasteiger partial charge in [0.15, 0.2) is 0 Å². The van der Waals surface area contributed by atoms with Crippen LogP contribution < -0.4 is 11.1 Å². The van der Waals surface area contributed by atoms with Crippen molar-refractivity contribution >= 4 is 33.5 Å². The smallest absolute Gasteiger partial charge is 0.246 e. The van der Waals surface area contributed by atoms with Crippen molar-refractivity contribution in [3.8, 4) is 0 Å². The number of benzene rings is 1. The highest BCUT2D eigenvalue weighted by Crippen LogP contribution is 2.18. The number of aryl methyl sites for hydroxylation is 1. The first kappa shape index (κ1) is 12.6. The van der Waals surface area contributed by atoms with Crippen molar-refractivity contribution in [3.63, 3.8) is 0 Å². The average Bonchev–Trinajstić information content (AvgIpc) is 2.61. The van der Waals surface area contributed by atoms with Gasteiger partial charge in [0.05, 0.1) is 0 Å². The molecule has 1 amide bonds. The van der Waals surface area contributed by atoms with Gasteiger partial charge < -0.3 is 11.1 Å². The molecule has 1 aromatic carbocycles. The fourth-order valence-electron chi connectivity index (χ4n) is 1.54. The average molecular weight is 310 g/mol. The van der Waals surface area contributed by atoms with E-state index in [1.807, 2.05) is 25.1 Å². The summed E-state index contributed by atoms with van der Waals surface area (Å²) in [6.07, 6.45) is 1.42. The van der Waals surface area contributed by atoms with Crippen LogP contribution in [0.5, 0.6) is 0 Å². The fraction of sp³-hybridized carbons (Fsp3) is 0.182. The van der Waals surface area contributed by atoms with E-state index < -0.39 is 0 Å². The lowest BCUT2D eigenvalue weighted by Gasteiger charge is -2.06. The number of nitrogens with one attached hydrogen (secondary N) is 1. The lowest BCUT2D eigenvalue weighted by atomic mass is 10.2. The molecule has 0 unspecified atom stereocenters. The number of amides is 1. The molecule has 0 saturated carbocycles. The predicted octanol–water partition coefficient (Wildman–Crippen LogP) is 1.57. The first-order valence-electron chi connectivity index (χ1n) is 5.25. The topological polar surface area (TPSA) is 85.8 Å². The van der Waals surface area contributed by atoms with Gasteiger partial charge in [-0.3, -0.25) is 4.79 Å². The molecule has 6 nitrogen and oxygen atoms in total. The summed E-state index contributed by atoms with van der Waals surface area (Å²) in [4.78, 5) is 15.5. The molecule has 0 atom stereocenters. The second-order valence-corrected chi connectivity index (χ2v) is 4.78. The Bertz CT molecular complexity index is 560. The monoisotopic (exact) mass is 309 g/mol. The number of nitrogens with zero attached hydrogens (tertiary/aromatic N) is 3. The van der Waals surface area contributed by atoms with Crippen molar-refractivity contribution in [2.45, 2.75) is 13.5 Å². The molecule has 1 aromatic heterocycles. The van der Waals surface area contributed by atoms with Crippen LogP contribution in [0.4, 0.5) is 11.6 Å². The Morgan fingerprint density at radius 3 is 2.89 bits per heavy atom. The van der Waals surface area contributed by atoms with Gasteiger partial charge in [-0.05, 0) is 30.7 Å². The lowest BCUT2D eigenvalue weighted by Crippen LogP contribution is -2.19. The number of hydrogen-bond donors (Lipinski definition) is 2. The summed E-state index contributed by atoms with van der Waals surface area (Å²) in [5.41, 5.74) is 7.16. The fourth-order valence-corrected chi connectivity index (χ4v) is 2.15. The third kappa shape index (κ3) is 3.30. The quantitative estimate of drug-likeness (QED) is 0.901. The molecule has 7 heteroatoms. The Morgan fingerprint density at radius 1 is 1.50 bits per heavy atom. The SMILES string of the molecule is Cc1cc(Br)cc(NC(=O)Cn2cnc(N)n2)c1. The minimum atomic E-state index is -0.183. The predicted molar refractivity (Wildman–Crippen MR) is 71.9 cm³/mol. The molecule has 2 aromatic rings. The Morgan fingerprint density at radius 2 is 2.28 bits per heavy atom. The number of carbonyl (C=O) groups is 1. The molecule has 2 rings (SSSR count). The van der Waals surface area contributed by atoms with Gasteiger partial charge in [-0.15, -0.1) is 5.10 Å². The van der Waals surface area contributed by atoms with Crippen molar-refractivity contribution in [3.05, 3.63) is 34.6 Å². The van der Waals surface area contributed by atoms with Gasteiger partial charge in [0.25, 0.3) is 0 Å². The minimum Gasteiger partial charge on any atom is -0.367 e. The molecule has 0 radical (unpaired) electrons. The molecule has 0 aliphatic carbocycles. The van der Waals surface area contributed by atoms with Gasteiger partial charge >= 0.3 is 0 Å². The van der Waals surface area contributed by atoms with E-state index in [-0.39, 0.29) is 18.4 Å². The molecule has 0 fully saturated rings. The number of anilines is 2. The molecule has 0 aliphatic rings. The third-order valence-electron chi connectivity index (χ3n) is 2.19. The number of aromatic nitrogens is 3. The zero-order chi connectivity index (χ0) is 13.1. The molecule has 1 heterocycles. The standard InChI is InChI=1S/C11H12BrN5O/c1-7-2-8(12)4-9(3-7)15-10(18)5-17-6-14-11(13)16-17/h2-4,6H,5H2,1H3,(H2,13,16)(H,15,18). The molecule has 0 aliphatic heterocycles. The summed E-state index contributed by atoms with van der Waals surface area (Å²) >= 11 is 3.38. The van der Waals surface area contributed by atoms with E-state index in [4.69, 9.17) is 5.73 Å². The van der Waals surface area contributed by atoms with E-state index in [0.29, 0.717) is 0 Å². The van der Waals surface area contributed by atoms with Crippen LogP contribution in [0.3, 0.4) is 0 Å².